The van der Waals surface area contributed by atoms with E-state index < -0.39 is 0 Å². The third-order valence-corrected chi connectivity index (χ3v) is 4.84. The summed E-state index contributed by atoms with van der Waals surface area (Å²) in [6, 6.07) is 15.1. The molecule has 0 radical (unpaired) electrons. The Labute approximate surface area is 142 Å². The van der Waals surface area contributed by atoms with Gasteiger partial charge in [0.15, 0.2) is 0 Å². The molecule has 0 atom stereocenters. The Bertz CT molecular complexity index is 866. The van der Waals surface area contributed by atoms with Crippen LogP contribution in [0.1, 0.15) is 11.1 Å². The molecule has 0 bridgehead atoms. The molecule has 122 valence electrons. The number of anilines is 2. The average molecular weight is 318 g/mol. The second-order valence-corrected chi connectivity index (χ2v) is 6.51. The van der Waals surface area contributed by atoms with Crippen molar-refractivity contribution in [1.82, 2.24) is 10.2 Å². The molecule has 2 aromatic carbocycles. The summed E-state index contributed by atoms with van der Waals surface area (Å²) in [5, 5.41) is 9.76. The zero-order valence-electron chi connectivity index (χ0n) is 14.2. The number of hydrogen-bond donors (Lipinski definition) is 0. The fraction of sp³-hybridized carbons (Fsp3) is 0.300. The number of piperazine rings is 1. The van der Waals surface area contributed by atoms with Crippen LogP contribution in [0.15, 0.2) is 48.7 Å². The van der Waals surface area contributed by atoms with E-state index in [1.807, 2.05) is 6.20 Å². The summed E-state index contributed by atoms with van der Waals surface area (Å²) in [7, 11) is 0. The number of aromatic nitrogens is 2. The van der Waals surface area contributed by atoms with Crippen LogP contribution < -0.4 is 9.80 Å². The number of fused-ring (bicyclic) bond motifs is 1. The Hall–Kier alpha value is -2.62. The van der Waals surface area contributed by atoms with Gasteiger partial charge in [-0.3, -0.25) is 0 Å². The molecule has 4 rings (SSSR count). The highest BCUT2D eigenvalue weighted by molar-refractivity contribution is 5.92. The molecule has 4 heteroatoms. The lowest BCUT2D eigenvalue weighted by atomic mass is 10.1. The molecule has 0 unspecified atom stereocenters. The Morgan fingerprint density at radius 2 is 1.62 bits per heavy atom. The number of rotatable bonds is 2. The summed E-state index contributed by atoms with van der Waals surface area (Å²) in [6.45, 7) is 8.30. The summed E-state index contributed by atoms with van der Waals surface area (Å²) < 4.78 is 0. The van der Waals surface area contributed by atoms with Crippen LogP contribution in [-0.4, -0.2) is 36.4 Å². The second kappa shape index (κ2) is 6.11. The van der Waals surface area contributed by atoms with Crippen LogP contribution in [0.3, 0.4) is 0 Å². The van der Waals surface area contributed by atoms with Crippen molar-refractivity contribution in [2.45, 2.75) is 13.8 Å². The second-order valence-electron chi connectivity index (χ2n) is 6.51. The van der Waals surface area contributed by atoms with Crippen LogP contribution in [0.4, 0.5) is 11.4 Å². The third kappa shape index (κ3) is 2.68. The molecule has 4 nitrogen and oxygen atoms in total. The van der Waals surface area contributed by atoms with Gasteiger partial charge in [-0.25, -0.2) is 0 Å². The highest BCUT2D eigenvalue weighted by Gasteiger charge is 2.19. The summed E-state index contributed by atoms with van der Waals surface area (Å²) in [4.78, 5) is 4.90. The monoisotopic (exact) mass is 318 g/mol. The van der Waals surface area contributed by atoms with Crippen LogP contribution in [0.25, 0.3) is 10.9 Å². The van der Waals surface area contributed by atoms with Gasteiger partial charge in [-0.1, -0.05) is 30.3 Å². The minimum atomic E-state index is 1.00. The van der Waals surface area contributed by atoms with E-state index in [1.54, 1.807) is 0 Å². The maximum absolute atomic E-state index is 4.32. The SMILES string of the molecule is Cc1cccc(N2CCN(c3cnnc4c(C)cccc34)CC2)c1. The van der Waals surface area contributed by atoms with Crippen molar-refractivity contribution < 1.29 is 0 Å². The van der Waals surface area contributed by atoms with Crippen LogP contribution in [-0.2, 0) is 0 Å². The van der Waals surface area contributed by atoms with E-state index in [0.29, 0.717) is 0 Å². The van der Waals surface area contributed by atoms with Crippen LogP contribution >= 0.6 is 0 Å². The predicted octanol–water partition coefficient (Wildman–Crippen LogP) is 3.57. The lowest BCUT2D eigenvalue weighted by Crippen LogP contribution is -2.46. The van der Waals surface area contributed by atoms with Crippen LogP contribution in [0.2, 0.25) is 0 Å². The maximum atomic E-state index is 4.32. The van der Waals surface area contributed by atoms with E-state index >= 15 is 0 Å². The van der Waals surface area contributed by atoms with Gasteiger partial charge in [0.1, 0.15) is 0 Å². The molecular formula is C20H22N4. The largest absolute Gasteiger partial charge is 0.368 e. The molecule has 0 aliphatic carbocycles. The summed E-state index contributed by atoms with van der Waals surface area (Å²) >= 11 is 0. The Morgan fingerprint density at radius 1 is 0.875 bits per heavy atom. The quantitative estimate of drug-likeness (QED) is 0.723. The van der Waals surface area contributed by atoms with Crippen molar-refractivity contribution in [3.8, 4) is 0 Å². The van der Waals surface area contributed by atoms with Gasteiger partial charge >= 0.3 is 0 Å². The van der Waals surface area contributed by atoms with Gasteiger partial charge < -0.3 is 9.80 Å². The lowest BCUT2D eigenvalue weighted by molar-refractivity contribution is 0.653. The number of benzene rings is 2. The molecule has 1 aromatic heterocycles. The van der Waals surface area contributed by atoms with Gasteiger partial charge in [0.2, 0.25) is 0 Å². The summed E-state index contributed by atoms with van der Waals surface area (Å²) in [6.07, 6.45) is 1.91. The maximum Gasteiger partial charge on any atom is 0.0979 e. The summed E-state index contributed by atoms with van der Waals surface area (Å²) in [5.74, 6) is 0. The van der Waals surface area contributed by atoms with Crippen molar-refractivity contribution in [2.24, 2.45) is 0 Å². The zero-order valence-corrected chi connectivity index (χ0v) is 14.2. The molecule has 0 N–H and O–H groups in total. The molecule has 1 saturated heterocycles. The highest BCUT2D eigenvalue weighted by Crippen LogP contribution is 2.28. The molecule has 24 heavy (non-hydrogen) atoms. The van der Waals surface area contributed by atoms with Crippen molar-refractivity contribution in [1.29, 1.82) is 0 Å². The Kier molecular flexibility index (Phi) is 3.81. The van der Waals surface area contributed by atoms with E-state index in [4.69, 9.17) is 0 Å². The van der Waals surface area contributed by atoms with Gasteiger partial charge in [0.05, 0.1) is 17.4 Å². The van der Waals surface area contributed by atoms with E-state index in [2.05, 4.69) is 76.3 Å². The molecule has 1 aliphatic rings. The topological polar surface area (TPSA) is 32.3 Å². The minimum absolute atomic E-state index is 1.00. The smallest absolute Gasteiger partial charge is 0.0979 e. The molecule has 3 aromatic rings. The zero-order chi connectivity index (χ0) is 16.5. The molecule has 0 spiro atoms. The molecule has 1 fully saturated rings. The van der Waals surface area contributed by atoms with Gasteiger partial charge in [0.25, 0.3) is 0 Å². The number of aryl methyl sites for hydroxylation is 2. The van der Waals surface area contributed by atoms with Gasteiger partial charge in [-0.05, 0) is 37.1 Å². The third-order valence-electron chi connectivity index (χ3n) is 4.84. The van der Waals surface area contributed by atoms with Crippen molar-refractivity contribution in [3.05, 3.63) is 59.8 Å². The van der Waals surface area contributed by atoms with Crippen LogP contribution in [0.5, 0.6) is 0 Å². The first-order valence-corrected chi connectivity index (χ1v) is 8.50. The molecule has 1 aliphatic heterocycles. The van der Waals surface area contributed by atoms with E-state index in [-0.39, 0.29) is 0 Å². The minimum Gasteiger partial charge on any atom is -0.368 e. The first-order chi connectivity index (χ1) is 11.7. The summed E-state index contributed by atoms with van der Waals surface area (Å²) in [5.41, 5.74) is 6.03. The van der Waals surface area contributed by atoms with Crippen molar-refractivity contribution in [2.75, 3.05) is 36.0 Å². The predicted molar refractivity (Wildman–Crippen MR) is 99.9 cm³/mol. The number of nitrogens with zero attached hydrogens (tertiary/aromatic N) is 4. The Morgan fingerprint density at radius 3 is 2.42 bits per heavy atom. The first-order valence-electron chi connectivity index (χ1n) is 8.50. The molecular weight excluding hydrogens is 296 g/mol. The highest BCUT2D eigenvalue weighted by atomic mass is 15.3. The average Bonchev–Trinajstić information content (AvgIpc) is 2.62. The van der Waals surface area contributed by atoms with Crippen molar-refractivity contribution in [3.63, 3.8) is 0 Å². The van der Waals surface area contributed by atoms with Gasteiger partial charge in [0, 0.05) is 37.3 Å². The van der Waals surface area contributed by atoms with E-state index in [1.165, 1.54) is 27.9 Å². The number of hydrogen-bond acceptors (Lipinski definition) is 4. The van der Waals surface area contributed by atoms with Gasteiger partial charge in [-0.15, -0.1) is 0 Å². The normalized spacial score (nSPS) is 15.1. The van der Waals surface area contributed by atoms with Gasteiger partial charge in [-0.2, -0.15) is 10.2 Å². The van der Waals surface area contributed by atoms with Crippen molar-refractivity contribution >= 4 is 22.3 Å². The van der Waals surface area contributed by atoms with E-state index in [0.717, 1.165) is 31.7 Å². The lowest BCUT2D eigenvalue weighted by Gasteiger charge is -2.37. The first kappa shape index (κ1) is 14.9. The Balaban J connectivity index is 1.57. The molecule has 0 amide bonds. The fourth-order valence-corrected chi connectivity index (χ4v) is 3.49. The molecule has 2 heterocycles. The fourth-order valence-electron chi connectivity index (χ4n) is 3.49. The molecule has 0 saturated carbocycles. The standard InChI is InChI=1S/C20H22N4/c1-15-5-3-7-17(13-15)23-9-11-24(12-10-23)19-14-21-22-20-16(2)6-4-8-18(19)20/h3-8,13-14H,9-12H2,1-2H3. The van der Waals surface area contributed by atoms with E-state index in [9.17, 15) is 0 Å². The van der Waals surface area contributed by atoms with Crippen LogP contribution in [0, 0.1) is 13.8 Å².